The number of hydrogen-bond acceptors (Lipinski definition) is 4. The summed E-state index contributed by atoms with van der Waals surface area (Å²) >= 11 is 0. The molecule has 0 aliphatic carbocycles. The van der Waals surface area contributed by atoms with Crippen molar-refractivity contribution in [3.8, 4) is 0 Å². The van der Waals surface area contributed by atoms with E-state index in [9.17, 15) is 4.79 Å². The molecule has 24 heavy (non-hydrogen) atoms. The van der Waals surface area contributed by atoms with Gasteiger partial charge < -0.3 is 25.2 Å². The SMILES string of the molecule is CN=C(NCC1CCCN1C)NC1CN(C(=O)OC(C)(C)C)C1.I. The predicted molar refractivity (Wildman–Crippen MR) is 107 cm³/mol. The molecule has 0 radical (unpaired) electrons. The maximum atomic E-state index is 11.9. The first-order valence-electron chi connectivity index (χ1n) is 8.44. The minimum atomic E-state index is -0.444. The second kappa shape index (κ2) is 9.07. The highest BCUT2D eigenvalue weighted by molar-refractivity contribution is 14.0. The van der Waals surface area contributed by atoms with E-state index in [1.165, 1.54) is 19.4 Å². The number of halogens is 1. The molecule has 0 aromatic carbocycles. The van der Waals surface area contributed by atoms with Gasteiger partial charge in [0.25, 0.3) is 0 Å². The molecule has 2 aliphatic heterocycles. The lowest BCUT2D eigenvalue weighted by molar-refractivity contribution is 0.00700. The second-order valence-corrected chi connectivity index (χ2v) is 7.46. The molecule has 0 spiro atoms. The molecule has 0 aromatic rings. The van der Waals surface area contributed by atoms with Gasteiger partial charge in [-0.15, -0.1) is 24.0 Å². The van der Waals surface area contributed by atoms with Gasteiger partial charge in [-0.3, -0.25) is 4.99 Å². The van der Waals surface area contributed by atoms with Gasteiger partial charge in [0, 0.05) is 32.7 Å². The topological polar surface area (TPSA) is 69.2 Å². The van der Waals surface area contributed by atoms with Crippen molar-refractivity contribution in [1.29, 1.82) is 0 Å². The molecule has 1 unspecified atom stereocenters. The summed E-state index contributed by atoms with van der Waals surface area (Å²) in [5.74, 6) is 0.805. The summed E-state index contributed by atoms with van der Waals surface area (Å²) in [6.07, 6.45) is 2.25. The van der Waals surface area contributed by atoms with Crippen LogP contribution < -0.4 is 10.6 Å². The van der Waals surface area contributed by atoms with Gasteiger partial charge in [-0.25, -0.2) is 4.79 Å². The number of amides is 1. The van der Waals surface area contributed by atoms with Crippen LogP contribution in [0, 0.1) is 0 Å². The van der Waals surface area contributed by atoms with E-state index in [1.54, 1.807) is 11.9 Å². The number of guanidine groups is 1. The molecule has 140 valence electrons. The minimum absolute atomic E-state index is 0. The number of likely N-dealkylation sites (tertiary alicyclic amines) is 2. The van der Waals surface area contributed by atoms with Gasteiger partial charge in [0.15, 0.2) is 5.96 Å². The fourth-order valence-electron chi connectivity index (χ4n) is 2.89. The number of carbonyl (C=O) groups is 1. The lowest BCUT2D eigenvalue weighted by Gasteiger charge is -2.40. The Kier molecular flexibility index (Phi) is 8.04. The second-order valence-electron chi connectivity index (χ2n) is 7.46. The van der Waals surface area contributed by atoms with Crippen molar-refractivity contribution in [2.45, 2.75) is 51.3 Å². The molecule has 8 heteroatoms. The number of likely N-dealkylation sites (N-methyl/N-ethyl adjacent to an activating group) is 1. The van der Waals surface area contributed by atoms with Gasteiger partial charge in [0.1, 0.15) is 5.60 Å². The Balaban J connectivity index is 0.00000288. The van der Waals surface area contributed by atoms with Crippen molar-refractivity contribution in [3.63, 3.8) is 0 Å². The smallest absolute Gasteiger partial charge is 0.410 e. The fourth-order valence-corrected chi connectivity index (χ4v) is 2.89. The van der Waals surface area contributed by atoms with Crippen LogP contribution in [0.15, 0.2) is 4.99 Å². The predicted octanol–water partition coefficient (Wildman–Crippen LogP) is 1.48. The van der Waals surface area contributed by atoms with Crippen LogP contribution in [0.2, 0.25) is 0 Å². The molecule has 1 amide bonds. The van der Waals surface area contributed by atoms with Gasteiger partial charge in [-0.2, -0.15) is 0 Å². The number of rotatable bonds is 3. The third kappa shape index (κ3) is 6.27. The van der Waals surface area contributed by atoms with Crippen molar-refractivity contribution >= 4 is 36.0 Å². The van der Waals surface area contributed by atoms with Gasteiger partial charge in [0.2, 0.25) is 0 Å². The summed E-state index contributed by atoms with van der Waals surface area (Å²) in [7, 11) is 3.94. The molecule has 2 fully saturated rings. The van der Waals surface area contributed by atoms with E-state index >= 15 is 0 Å². The molecular formula is C16H32IN5O2. The largest absolute Gasteiger partial charge is 0.444 e. The van der Waals surface area contributed by atoms with Crippen molar-refractivity contribution in [2.75, 3.05) is 40.3 Å². The number of nitrogens with zero attached hydrogens (tertiary/aromatic N) is 3. The molecule has 2 N–H and O–H groups in total. The zero-order valence-corrected chi connectivity index (χ0v) is 17.8. The number of ether oxygens (including phenoxy) is 1. The van der Waals surface area contributed by atoms with Gasteiger partial charge in [-0.05, 0) is 47.2 Å². The maximum absolute atomic E-state index is 11.9. The summed E-state index contributed by atoms with van der Waals surface area (Å²) in [6, 6.07) is 0.809. The van der Waals surface area contributed by atoms with E-state index in [4.69, 9.17) is 4.74 Å². The summed E-state index contributed by atoms with van der Waals surface area (Å²) in [4.78, 5) is 20.3. The first-order chi connectivity index (χ1) is 10.8. The lowest BCUT2D eigenvalue weighted by Crippen LogP contribution is -2.63. The molecule has 2 aliphatic rings. The highest BCUT2D eigenvalue weighted by atomic mass is 127. The zero-order chi connectivity index (χ0) is 17.0. The van der Waals surface area contributed by atoms with Crippen LogP contribution in [0.4, 0.5) is 4.79 Å². The van der Waals surface area contributed by atoms with Crippen molar-refractivity contribution in [2.24, 2.45) is 4.99 Å². The number of hydrogen-bond donors (Lipinski definition) is 2. The Morgan fingerprint density at radius 2 is 2.00 bits per heavy atom. The fraction of sp³-hybridized carbons (Fsp3) is 0.875. The first kappa shape index (κ1) is 21.3. The lowest BCUT2D eigenvalue weighted by atomic mass is 10.1. The average Bonchev–Trinajstić information content (AvgIpc) is 2.80. The number of aliphatic imine (C=N–C) groups is 1. The van der Waals surface area contributed by atoms with Crippen LogP contribution >= 0.6 is 24.0 Å². The molecule has 7 nitrogen and oxygen atoms in total. The van der Waals surface area contributed by atoms with Crippen LogP contribution in [0.1, 0.15) is 33.6 Å². The van der Waals surface area contributed by atoms with Gasteiger partial charge in [0.05, 0.1) is 6.04 Å². The Hall–Kier alpha value is -0.770. The van der Waals surface area contributed by atoms with Gasteiger partial charge >= 0.3 is 6.09 Å². The van der Waals surface area contributed by atoms with Crippen LogP contribution in [0.25, 0.3) is 0 Å². The average molecular weight is 453 g/mol. The standard InChI is InChI=1S/C16H31N5O2.HI/c1-16(2,3)23-15(22)21-10-12(11-21)19-14(17-4)18-9-13-7-6-8-20(13)5;/h12-13H,6-11H2,1-5H3,(H2,17,18,19);1H. The van der Waals surface area contributed by atoms with E-state index in [2.05, 4.69) is 27.6 Å². The Morgan fingerprint density at radius 1 is 1.33 bits per heavy atom. The first-order valence-corrected chi connectivity index (χ1v) is 8.44. The molecule has 2 saturated heterocycles. The molecular weight excluding hydrogens is 421 g/mol. The third-order valence-electron chi connectivity index (χ3n) is 4.27. The van der Waals surface area contributed by atoms with E-state index in [-0.39, 0.29) is 36.1 Å². The minimum Gasteiger partial charge on any atom is -0.444 e. The van der Waals surface area contributed by atoms with Crippen molar-refractivity contribution in [3.05, 3.63) is 0 Å². The summed E-state index contributed by atoms with van der Waals surface area (Å²) in [5.41, 5.74) is -0.444. The molecule has 0 aromatic heterocycles. The quantitative estimate of drug-likeness (QED) is 0.385. The Labute approximate surface area is 162 Å². The maximum Gasteiger partial charge on any atom is 0.410 e. The number of carbonyl (C=O) groups excluding carboxylic acids is 1. The van der Waals surface area contributed by atoms with Crippen LogP contribution in [0.3, 0.4) is 0 Å². The van der Waals surface area contributed by atoms with E-state index in [0.29, 0.717) is 19.1 Å². The van der Waals surface area contributed by atoms with E-state index in [1.807, 2.05) is 20.8 Å². The third-order valence-corrected chi connectivity index (χ3v) is 4.27. The normalized spacial score (nSPS) is 22.6. The summed E-state index contributed by atoms with van der Waals surface area (Å²) in [5, 5.41) is 6.75. The molecule has 2 heterocycles. The monoisotopic (exact) mass is 453 g/mol. The Bertz CT molecular complexity index is 446. The number of nitrogens with one attached hydrogen (secondary N) is 2. The van der Waals surface area contributed by atoms with Crippen molar-refractivity contribution in [1.82, 2.24) is 20.4 Å². The van der Waals surface area contributed by atoms with Crippen molar-refractivity contribution < 1.29 is 9.53 Å². The molecule has 2 rings (SSSR count). The van der Waals surface area contributed by atoms with Crippen LogP contribution in [-0.4, -0.2) is 79.8 Å². The zero-order valence-electron chi connectivity index (χ0n) is 15.5. The highest BCUT2D eigenvalue weighted by Crippen LogP contribution is 2.15. The molecule has 0 saturated carbocycles. The highest BCUT2D eigenvalue weighted by Gasteiger charge is 2.34. The Morgan fingerprint density at radius 3 is 2.50 bits per heavy atom. The van der Waals surface area contributed by atoms with Crippen LogP contribution in [0.5, 0.6) is 0 Å². The van der Waals surface area contributed by atoms with Gasteiger partial charge in [-0.1, -0.05) is 0 Å². The van der Waals surface area contributed by atoms with E-state index < -0.39 is 5.60 Å². The van der Waals surface area contributed by atoms with E-state index in [0.717, 1.165) is 12.5 Å². The molecule has 0 bridgehead atoms. The molecule has 1 atom stereocenters. The van der Waals surface area contributed by atoms with Crippen LogP contribution in [-0.2, 0) is 4.74 Å². The summed E-state index contributed by atoms with van der Waals surface area (Å²) < 4.78 is 5.36. The summed E-state index contributed by atoms with van der Waals surface area (Å²) in [6.45, 7) is 9.02.